The summed E-state index contributed by atoms with van der Waals surface area (Å²) in [7, 11) is 0.693. The van der Waals surface area contributed by atoms with Gasteiger partial charge in [-0.05, 0) is 66.8 Å². The second kappa shape index (κ2) is 7.96. The van der Waals surface area contributed by atoms with Crippen molar-refractivity contribution in [2.24, 2.45) is 7.05 Å². The molecule has 30 heavy (non-hydrogen) atoms. The standard InChI is InChI=1S/C28H38NSi/c1-19-15-23(22-11-9-8-10-12-22)18-27(21(19)3)28-26-14-13-25(30(5,6)7)17-24(26)16-20(2)29(28)4/h13-18,22H,8-12H2,1-7H3/q+1/i16D. The minimum absolute atomic E-state index is 0.666. The van der Waals surface area contributed by atoms with Gasteiger partial charge in [-0.3, -0.25) is 0 Å². The van der Waals surface area contributed by atoms with Gasteiger partial charge < -0.3 is 0 Å². The summed E-state index contributed by atoms with van der Waals surface area (Å²) in [5, 5.41) is 3.74. The van der Waals surface area contributed by atoms with E-state index in [9.17, 15) is 0 Å². The highest BCUT2D eigenvalue weighted by atomic mass is 28.3. The number of pyridine rings is 1. The predicted molar refractivity (Wildman–Crippen MR) is 134 cm³/mol. The van der Waals surface area contributed by atoms with E-state index >= 15 is 0 Å². The number of hydrogen-bond donors (Lipinski definition) is 0. The maximum absolute atomic E-state index is 8.88. The first-order chi connectivity index (χ1) is 14.6. The van der Waals surface area contributed by atoms with E-state index in [-0.39, 0.29) is 0 Å². The zero-order valence-corrected chi connectivity index (χ0v) is 20.9. The van der Waals surface area contributed by atoms with Gasteiger partial charge >= 0.3 is 0 Å². The molecule has 0 unspecified atom stereocenters. The molecular weight excluding hydrogens is 378 g/mol. The highest BCUT2D eigenvalue weighted by Crippen LogP contribution is 2.37. The van der Waals surface area contributed by atoms with Crippen LogP contribution in [-0.2, 0) is 7.05 Å². The fourth-order valence-electron chi connectivity index (χ4n) is 5.08. The molecule has 0 N–H and O–H groups in total. The maximum Gasteiger partial charge on any atom is 0.220 e. The third kappa shape index (κ3) is 3.87. The highest BCUT2D eigenvalue weighted by molar-refractivity contribution is 6.88. The minimum Gasteiger partial charge on any atom is -0.198 e. The van der Waals surface area contributed by atoms with Gasteiger partial charge in [-0.1, -0.05) is 62.3 Å². The number of nitrogens with zero attached hydrogens (tertiary/aromatic N) is 1. The predicted octanol–water partition coefficient (Wildman–Crippen LogP) is 6.85. The molecule has 0 spiro atoms. The number of benzene rings is 2. The van der Waals surface area contributed by atoms with E-state index in [1.165, 1.54) is 70.6 Å². The molecule has 0 radical (unpaired) electrons. The largest absolute Gasteiger partial charge is 0.220 e. The topological polar surface area (TPSA) is 3.88 Å². The molecule has 1 aliphatic rings. The van der Waals surface area contributed by atoms with Crippen molar-refractivity contribution in [1.82, 2.24) is 0 Å². The quantitative estimate of drug-likeness (QED) is 0.324. The van der Waals surface area contributed by atoms with Crippen LogP contribution in [0.25, 0.3) is 22.0 Å². The van der Waals surface area contributed by atoms with E-state index in [1.54, 1.807) is 0 Å². The van der Waals surface area contributed by atoms with Gasteiger partial charge in [-0.2, -0.15) is 4.57 Å². The highest BCUT2D eigenvalue weighted by Gasteiger charge is 2.25. The van der Waals surface area contributed by atoms with Crippen molar-refractivity contribution in [3.05, 3.63) is 58.8 Å². The van der Waals surface area contributed by atoms with Gasteiger partial charge in [0.2, 0.25) is 5.69 Å². The SMILES string of the molecule is [2H]c1c(C)[n+](C)c(-c2cc(C3CCCCC3)cc(C)c2C)c2ccc([Si](C)(C)C)cc12. The molecule has 3 aromatic rings. The van der Waals surface area contributed by atoms with Crippen LogP contribution < -0.4 is 9.75 Å². The minimum atomic E-state index is -1.44. The van der Waals surface area contributed by atoms with Crippen LogP contribution in [0.2, 0.25) is 19.6 Å². The van der Waals surface area contributed by atoms with Crippen LogP contribution in [0, 0.1) is 20.8 Å². The normalized spacial score (nSPS) is 16.2. The lowest BCUT2D eigenvalue weighted by Gasteiger charge is -2.24. The summed E-state index contributed by atoms with van der Waals surface area (Å²) in [6.07, 6.45) is 6.74. The van der Waals surface area contributed by atoms with Crippen LogP contribution in [0.1, 0.15) is 61.8 Å². The molecule has 1 aliphatic carbocycles. The van der Waals surface area contributed by atoms with Crippen molar-refractivity contribution in [1.29, 1.82) is 0 Å². The lowest BCUT2D eigenvalue weighted by molar-refractivity contribution is -0.665. The number of hydrogen-bond acceptors (Lipinski definition) is 0. The number of rotatable bonds is 3. The third-order valence-corrected chi connectivity index (χ3v) is 9.36. The van der Waals surface area contributed by atoms with E-state index in [1.807, 2.05) is 0 Å². The van der Waals surface area contributed by atoms with Crippen LogP contribution in [0.3, 0.4) is 0 Å². The molecule has 4 rings (SSSR count). The smallest absolute Gasteiger partial charge is 0.198 e. The molecular formula is C28H38NSi+. The average molecular weight is 418 g/mol. The van der Waals surface area contributed by atoms with E-state index in [0.717, 1.165) is 11.1 Å². The van der Waals surface area contributed by atoms with Gasteiger partial charge in [0.25, 0.3) is 0 Å². The fourth-order valence-corrected chi connectivity index (χ4v) is 6.24. The van der Waals surface area contributed by atoms with Gasteiger partial charge in [0.05, 0.1) is 20.4 Å². The monoisotopic (exact) mass is 417 g/mol. The molecule has 0 atom stereocenters. The Morgan fingerprint density at radius 3 is 2.33 bits per heavy atom. The second-order valence-corrected chi connectivity index (χ2v) is 15.6. The van der Waals surface area contributed by atoms with Gasteiger partial charge in [0, 0.05) is 13.0 Å². The molecule has 0 bridgehead atoms. The first-order valence-electron chi connectivity index (χ1n) is 12.1. The molecule has 2 heteroatoms. The molecule has 0 aliphatic heterocycles. The summed E-state index contributed by atoms with van der Waals surface area (Å²) in [6, 6.07) is 12.5. The lowest BCUT2D eigenvalue weighted by atomic mass is 9.81. The Labute approximate surface area is 185 Å². The average Bonchev–Trinajstić information content (AvgIpc) is 2.74. The van der Waals surface area contributed by atoms with Crippen molar-refractivity contribution in [2.75, 3.05) is 0 Å². The lowest BCUT2D eigenvalue weighted by Crippen LogP contribution is -2.38. The molecule has 1 heterocycles. The van der Waals surface area contributed by atoms with Crippen LogP contribution in [0.5, 0.6) is 0 Å². The molecule has 0 amide bonds. The van der Waals surface area contributed by atoms with Crippen LogP contribution in [0.15, 0.2) is 36.4 Å². The molecule has 1 saturated carbocycles. The Morgan fingerprint density at radius 2 is 1.67 bits per heavy atom. The Balaban J connectivity index is 2.00. The van der Waals surface area contributed by atoms with E-state index < -0.39 is 8.07 Å². The summed E-state index contributed by atoms with van der Waals surface area (Å²) in [6.45, 7) is 13.8. The Hall–Kier alpha value is -1.93. The van der Waals surface area contributed by atoms with E-state index in [2.05, 4.69) is 82.4 Å². The van der Waals surface area contributed by atoms with Gasteiger partial charge in [0.15, 0.2) is 5.69 Å². The third-order valence-electron chi connectivity index (χ3n) is 7.32. The number of aromatic nitrogens is 1. The summed E-state index contributed by atoms with van der Waals surface area (Å²) < 4.78 is 11.1. The molecule has 158 valence electrons. The van der Waals surface area contributed by atoms with Gasteiger partial charge in [-0.25, -0.2) is 0 Å². The molecule has 1 nitrogen and oxygen atoms in total. The van der Waals surface area contributed by atoms with E-state index in [4.69, 9.17) is 1.37 Å². The number of aryl methyl sites for hydroxylation is 1. The molecule has 1 aromatic heterocycles. The summed E-state index contributed by atoms with van der Waals surface area (Å²) in [5.74, 6) is 0.693. The zero-order chi connectivity index (χ0) is 22.5. The Kier molecular flexibility index (Phi) is 5.31. The van der Waals surface area contributed by atoms with E-state index in [0.29, 0.717) is 12.0 Å². The van der Waals surface area contributed by atoms with Crippen molar-refractivity contribution >= 4 is 24.0 Å². The van der Waals surface area contributed by atoms with Gasteiger partial charge in [-0.15, -0.1) is 0 Å². The molecule has 0 saturated heterocycles. The van der Waals surface area contributed by atoms with Crippen molar-refractivity contribution < 1.29 is 5.94 Å². The van der Waals surface area contributed by atoms with Gasteiger partial charge in [0.1, 0.15) is 7.05 Å². The Bertz CT molecular complexity index is 1150. The van der Waals surface area contributed by atoms with Crippen molar-refractivity contribution in [3.8, 4) is 11.3 Å². The second-order valence-electron chi connectivity index (χ2n) is 10.5. The molecule has 1 fully saturated rings. The zero-order valence-electron chi connectivity index (χ0n) is 20.9. The number of fused-ring (bicyclic) bond motifs is 1. The summed E-state index contributed by atoms with van der Waals surface area (Å²) in [5.41, 5.74) is 7.91. The maximum atomic E-state index is 8.88. The summed E-state index contributed by atoms with van der Waals surface area (Å²) in [4.78, 5) is 0. The van der Waals surface area contributed by atoms with Crippen molar-refractivity contribution in [3.63, 3.8) is 0 Å². The first kappa shape index (κ1) is 20.0. The molecule has 2 aromatic carbocycles. The summed E-state index contributed by atoms with van der Waals surface area (Å²) >= 11 is 0. The van der Waals surface area contributed by atoms with Crippen LogP contribution >= 0.6 is 0 Å². The van der Waals surface area contributed by atoms with Crippen LogP contribution in [0.4, 0.5) is 0 Å². The fraction of sp³-hybridized carbons (Fsp3) is 0.464. The van der Waals surface area contributed by atoms with Crippen molar-refractivity contribution in [2.45, 2.75) is 78.4 Å². The Morgan fingerprint density at radius 1 is 0.967 bits per heavy atom. The first-order valence-corrected chi connectivity index (χ1v) is 15.1. The van der Waals surface area contributed by atoms with Crippen LogP contribution in [-0.4, -0.2) is 8.07 Å².